The zero-order chi connectivity index (χ0) is 11.5. The fourth-order valence-electron chi connectivity index (χ4n) is 1.42. The first-order valence-electron chi connectivity index (χ1n) is 5.16. The predicted molar refractivity (Wildman–Crippen MR) is 57.7 cm³/mol. The molecule has 0 N–H and O–H groups in total. The number of hydrogen-bond acceptors (Lipinski definition) is 4. The van der Waals surface area contributed by atoms with E-state index in [1.54, 1.807) is 12.1 Å². The van der Waals surface area contributed by atoms with E-state index in [1.807, 2.05) is 6.92 Å². The van der Waals surface area contributed by atoms with Crippen LogP contribution < -0.4 is 4.74 Å². The van der Waals surface area contributed by atoms with Crippen molar-refractivity contribution in [3.63, 3.8) is 0 Å². The Balaban J connectivity index is 2.03. The molecule has 2 rings (SSSR count). The molecule has 0 spiro atoms. The second-order valence-electron chi connectivity index (χ2n) is 3.82. The molecule has 0 bridgehead atoms. The summed E-state index contributed by atoms with van der Waals surface area (Å²) in [6, 6.07) is 4.86. The molecule has 1 aliphatic rings. The Morgan fingerprint density at radius 1 is 1.62 bits per heavy atom. The van der Waals surface area contributed by atoms with Crippen molar-refractivity contribution in [3.05, 3.63) is 33.9 Å². The zero-order valence-corrected chi connectivity index (χ0v) is 9.01. The largest absolute Gasteiger partial charge is 0.487 e. The van der Waals surface area contributed by atoms with Gasteiger partial charge in [0.1, 0.15) is 0 Å². The summed E-state index contributed by atoms with van der Waals surface area (Å²) in [5, 5.41) is 10.7. The van der Waals surface area contributed by atoms with Gasteiger partial charge in [-0.25, -0.2) is 0 Å². The van der Waals surface area contributed by atoms with E-state index in [4.69, 9.17) is 9.47 Å². The van der Waals surface area contributed by atoms with E-state index in [1.165, 1.54) is 6.07 Å². The van der Waals surface area contributed by atoms with Gasteiger partial charge in [0.15, 0.2) is 5.75 Å². The molecule has 1 heterocycles. The summed E-state index contributed by atoms with van der Waals surface area (Å²) in [6.45, 7) is 3.11. The Hall–Kier alpha value is -1.62. The third-order valence-corrected chi connectivity index (χ3v) is 2.41. The van der Waals surface area contributed by atoms with Gasteiger partial charge in [0.25, 0.3) is 0 Å². The second-order valence-corrected chi connectivity index (χ2v) is 3.82. The van der Waals surface area contributed by atoms with Gasteiger partial charge in [0, 0.05) is 12.5 Å². The summed E-state index contributed by atoms with van der Waals surface area (Å²) in [4.78, 5) is 10.3. The van der Waals surface area contributed by atoms with Gasteiger partial charge >= 0.3 is 5.69 Å². The summed E-state index contributed by atoms with van der Waals surface area (Å²) in [6.07, 6.45) is 1.06. The third-order valence-electron chi connectivity index (χ3n) is 2.41. The van der Waals surface area contributed by atoms with E-state index >= 15 is 0 Å². The molecule has 1 atom stereocenters. The summed E-state index contributed by atoms with van der Waals surface area (Å²) in [7, 11) is 0. The van der Waals surface area contributed by atoms with E-state index < -0.39 is 4.92 Å². The molecule has 0 aliphatic carbocycles. The Morgan fingerprint density at radius 3 is 3.00 bits per heavy atom. The van der Waals surface area contributed by atoms with E-state index in [0.29, 0.717) is 12.4 Å². The fraction of sp³-hybridized carbons (Fsp3) is 0.455. The highest BCUT2D eigenvalue weighted by atomic mass is 16.6. The lowest BCUT2D eigenvalue weighted by molar-refractivity contribution is -0.385. The molecule has 1 aromatic rings. The summed E-state index contributed by atoms with van der Waals surface area (Å²) in [5.74, 6) is 0.339. The quantitative estimate of drug-likeness (QED) is 0.435. The first kappa shape index (κ1) is 10.9. The molecule has 86 valence electrons. The number of epoxide rings is 1. The molecule has 1 saturated heterocycles. The molecule has 0 amide bonds. The standard InChI is InChI=1S/C11H13NO4/c1-8-2-3-10(12(13)14)11(6-8)15-5-4-9-7-16-9/h2-3,6,9H,4-5,7H2,1H3. The van der Waals surface area contributed by atoms with Crippen molar-refractivity contribution in [2.24, 2.45) is 0 Å². The monoisotopic (exact) mass is 223 g/mol. The van der Waals surface area contributed by atoms with Crippen molar-refractivity contribution in [3.8, 4) is 5.75 Å². The number of benzene rings is 1. The highest BCUT2D eigenvalue weighted by molar-refractivity contribution is 5.48. The fourth-order valence-corrected chi connectivity index (χ4v) is 1.42. The van der Waals surface area contributed by atoms with Crippen LogP contribution in [0.15, 0.2) is 18.2 Å². The first-order chi connectivity index (χ1) is 7.66. The summed E-state index contributed by atoms with van der Waals surface area (Å²) in [5.41, 5.74) is 0.964. The van der Waals surface area contributed by atoms with Crippen LogP contribution in [-0.2, 0) is 4.74 Å². The lowest BCUT2D eigenvalue weighted by Gasteiger charge is -2.06. The van der Waals surface area contributed by atoms with Crippen molar-refractivity contribution >= 4 is 5.69 Å². The van der Waals surface area contributed by atoms with Crippen LogP contribution in [0.4, 0.5) is 5.69 Å². The maximum absolute atomic E-state index is 10.7. The van der Waals surface area contributed by atoms with Gasteiger partial charge in [-0.3, -0.25) is 10.1 Å². The van der Waals surface area contributed by atoms with Crippen LogP contribution >= 0.6 is 0 Å². The molecule has 5 heteroatoms. The highest BCUT2D eigenvalue weighted by Crippen LogP contribution is 2.28. The third kappa shape index (κ3) is 2.70. The van der Waals surface area contributed by atoms with Crippen molar-refractivity contribution < 1.29 is 14.4 Å². The number of nitro groups is 1. The molecule has 0 saturated carbocycles. The van der Waals surface area contributed by atoms with Crippen molar-refractivity contribution in [1.82, 2.24) is 0 Å². The molecule has 0 aromatic heterocycles. The predicted octanol–water partition coefficient (Wildman–Crippen LogP) is 2.07. The van der Waals surface area contributed by atoms with Crippen LogP contribution in [-0.4, -0.2) is 24.2 Å². The molecular weight excluding hydrogens is 210 g/mol. The van der Waals surface area contributed by atoms with Crippen molar-refractivity contribution in [1.29, 1.82) is 0 Å². The van der Waals surface area contributed by atoms with E-state index in [0.717, 1.165) is 18.6 Å². The van der Waals surface area contributed by atoms with Gasteiger partial charge in [-0.15, -0.1) is 0 Å². The smallest absolute Gasteiger partial charge is 0.310 e. The number of nitro benzene ring substituents is 1. The average molecular weight is 223 g/mol. The van der Waals surface area contributed by atoms with Gasteiger partial charge < -0.3 is 9.47 Å². The first-order valence-corrected chi connectivity index (χ1v) is 5.16. The minimum Gasteiger partial charge on any atom is -0.487 e. The van der Waals surface area contributed by atoms with Crippen LogP contribution in [0.5, 0.6) is 5.75 Å². The van der Waals surface area contributed by atoms with Crippen molar-refractivity contribution in [2.75, 3.05) is 13.2 Å². The number of ether oxygens (including phenoxy) is 2. The summed E-state index contributed by atoms with van der Waals surface area (Å²) >= 11 is 0. The Kier molecular flexibility index (Phi) is 3.05. The van der Waals surface area contributed by atoms with E-state index in [-0.39, 0.29) is 11.8 Å². The topological polar surface area (TPSA) is 64.9 Å². The molecule has 0 radical (unpaired) electrons. The summed E-state index contributed by atoms with van der Waals surface area (Å²) < 4.78 is 10.4. The highest BCUT2D eigenvalue weighted by Gasteiger charge is 2.22. The maximum atomic E-state index is 10.7. The van der Waals surface area contributed by atoms with Crippen LogP contribution in [0, 0.1) is 17.0 Å². The number of nitrogens with zero attached hydrogens (tertiary/aromatic N) is 1. The minimum atomic E-state index is -0.428. The number of rotatable bonds is 5. The van der Waals surface area contributed by atoms with Crippen molar-refractivity contribution in [2.45, 2.75) is 19.4 Å². The van der Waals surface area contributed by atoms with Crippen LogP contribution in [0.1, 0.15) is 12.0 Å². The Labute approximate surface area is 93.1 Å². The van der Waals surface area contributed by atoms with E-state index in [2.05, 4.69) is 0 Å². The van der Waals surface area contributed by atoms with Gasteiger partial charge in [-0.1, -0.05) is 6.07 Å². The van der Waals surface area contributed by atoms with Gasteiger partial charge in [-0.2, -0.15) is 0 Å². The molecule has 5 nitrogen and oxygen atoms in total. The zero-order valence-electron chi connectivity index (χ0n) is 9.01. The molecule has 1 unspecified atom stereocenters. The van der Waals surface area contributed by atoms with Gasteiger partial charge in [0.2, 0.25) is 0 Å². The Bertz CT molecular complexity index is 401. The number of hydrogen-bond donors (Lipinski definition) is 0. The lowest BCUT2D eigenvalue weighted by Crippen LogP contribution is -2.03. The molecule has 16 heavy (non-hydrogen) atoms. The lowest BCUT2D eigenvalue weighted by atomic mass is 10.2. The molecule has 1 aliphatic heterocycles. The van der Waals surface area contributed by atoms with Gasteiger partial charge in [0.05, 0.1) is 24.2 Å². The molecule has 1 aromatic carbocycles. The van der Waals surface area contributed by atoms with Crippen LogP contribution in [0.2, 0.25) is 0 Å². The SMILES string of the molecule is Cc1ccc([N+](=O)[O-])c(OCCC2CO2)c1. The molecule has 1 fully saturated rings. The maximum Gasteiger partial charge on any atom is 0.310 e. The minimum absolute atomic E-state index is 0.0160. The van der Waals surface area contributed by atoms with E-state index in [9.17, 15) is 10.1 Å². The Morgan fingerprint density at radius 2 is 2.38 bits per heavy atom. The van der Waals surface area contributed by atoms with Gasteiger partial charge in [-0.05, 0) is 18.6 Å². The number of aryl methyl sites for hydroxylation is 1. The average Bonchev–Trinajstić information content (AvgIpc) is 3.01. The molecular formula is C11H13NO4. The van der Waals surface area contributed by atoms with Crippen LogP contribution in [0.25, 0.3) is 0 Å². The normalized spacial score (nSPS) is 18.2. The van der Waals surface area contributed by atoms with Crippen LogP contribution in [0.3, 0.4) is 0 Å². The second kappa shape index (κ2) is 4.49.